The van der Waals surface area contributed by atoms with Crippen molar-refractivity contribution in [2.75, 3.05) is 0 Å². The molecule has 0 saturated carbocycles. The molecule has 0 bridgehead atoms. The van der Waals surface area contributed by atoms with E-state index < -0.39 is 0 Å². The minimum absolute atomic E-state index is 0. The Bertz CT molecular complexity index is 1650. The summed E-state index contributed by atoms with van der Waals surface area (Å²) in [4.78, 5) is 13.4. The van der Waals surface area contributed by atoms with Crippen LogP contribution in [0, 0.1) is 6.07 Å². The number of rotatable bonds is 4. The van der Waals surface area contributed by atoms with Crippen LogP contribution in [0.5, 0.6) is 17.4 Å². The fourth-order valence-corrected chi connectivity index (χ4v) is 4.14. The number of para-hydroxylation sites is 1. The number of phenols is 1. The van der Waals surface area contributed by atoms with E-state index in [1.165, 1.54) is 5.56 Å². The van der Waals surface area contributed by atoms with Gasteiger partial charge in [0.25, 0.3) is 0 Å². The van der Waals surface area contributed by atoms with Crippen LogP contribution in [0.1, 0.15) is 12.5 Å². The van der Waals surface area contributed by atoms with E-state index in [0.717, 1.165) is 34.0 Å². The average molecular weight is 627 g/mol. The summed E-state index contributed by atoms with van der Waals surface area (Å²) in [6, 6.07) is 24.8. The minimum Gasteiger partial charge on any atom is -0.506 e. The molecule has 0 atom stereocenters. The molecule has 0 aliphatic rings. The van der Waals surface area contributed by atoms with E-state index in [2.05, 4.69) is 50.7 Å². The van der Waals surface area contributed by atoms with Crippen molar-refractivity contribution in [3.63, 3.8) is 0 Å². The van der Waals surface area contributed by atoms with Crippen LogP contribution in [0.4, 0.5) is 0 Å². The van der Waals surface area contributed by atoms with Crippen LogP contribution in [-0.4, -0.2) is 24.6 Å². The number of hydrogen-bond acceptors (Lipinski definition) is 5. The maximum absolute atomic E-state index is 10.1. The third kappa shape index (κ3) is 3.70. The molecule has 0 radical (unpaired) electrons. The molecule has 6 rings (SSSR count). The molecule has 170 valence electrons. The summed E-state index contributed by atoms with van der Waals surface area (Å²) in [5.41, 5.74) is 4.19. The van der Waals surface area contributed by atoms with E-state index in [1.54, 1.807) is 30.6 Å². The Morgan fingerprint density at radius 3 is 2.68 bits per heavy atom. The third-order valence-corrected chi connectivity index (χ3v) is 5.75. The second-order valence-corrected chi connectivity index (χ2v) is 7.77. The van der Waals surface area contributed by atoms with Gasteiger partial charge in [-0.2, -0.15) is 6.07 Å². The fourth-order valence-electron chi connectivity index (χ4n) is 4.14. The van der Waals surface area contributed by atoms with Gasteiger partial charge in [-0.1, -0.05) is 36.7 Å². The number of fused-ring (bicyclic) bond motifs is 4. The Hall–Kier alpha value is -3.76. The zero-order valence-electron chi connectivity index (χ0n) is 18.2. The van der Waals surface area contributed by atoms with Gasteiger partial charge in [-0.3, -0.25) is 0 Å². The number of aromatic nitrogens is 4. The summed E-state index contributed by atoms with van der Waals surface area (Å²) in [5, 5.41) is 12.3. The number of aromatic hydroxyl groups is 1. The van der Waals surface area contributed by atoms with Crippen molar-refractivity contribution >= 4 is 32.8 Å². The molecule has 0 saturated heterocycles. The van der Waals surface area contributed by atoms with E-state index in [1.807, 2.05) is 30.3 Å². The second-order valence-electron chi connectivity index (χ2n) is 7.77. The van der Waals surface area contributed by atoms with Crippen LogP contribution in [0.15, 0.2) is 79.1 Å². The molecule has 3 aromatic heterocycles. The van der Waals surface area contributed by atoms with Crippen LogP contribution in [0.2, 0.25) is 0 Å². The van der Waals surface area contributed by atoms with E-state index >= 15 is 0 Å². The number of hydrogen-bond donors (Lipinski definition) is 1. The maximum Gasteiger partial charge on any atom is 0.236 e. The van der Waals surface area contributed by atoms with Gasteiger partial charge in [0, 0.05) is 38.5 Å². The summed E-state index contributed by atoms with van der Waals surface area (Å²) in [6.45, 7) is 2.15. The van der Waals surface area contributed by atoms with Crippen LogP contribution >= 0.6 is 0 Å². The molecule has 0 unspecified atom stereocenters. The maximum atomic E-state index is 10.1. The largest absolute Gasteiger partial charge is 0.506 e. The van der Waals surface area contributed by atoms with Crippen molar-refractivity contribution in [1.29, 1.82) is 0 Å². The van der Waals surface area contributed by atoms with Crippen molar-refractivity contribution in [3.05, 3.63) is 90.8 Å². The molecule has 34 heavy (non-hydrogen) atoms. The first-order valence-electron chi connectivity index (χ1n) is 10.7. The van der Waals surface area contributed by atoms with Crippen LogP contribution < -0.4 is 4.74 Å². The third-order valence-electron chi connectivity index (χ3n) is 5.75. The summed E-state index contributed by atoms with van der Waals surface area (Å²) >= 11 is 0. The standard InChI is InChI=1S/C27H19N4O2.Pt/c1-2-17-9-11-19-20-12-10-18(33-26-16-29-21-6-5-7-24(32)27(21)30-26)15-23(20)31(22(19)14-17)25-8-3-4-13-28-25;/h3-14,16,32H,2H2,1H3;/q-1;. The fraction of sp³-hybridized carbons (Fsp3) is 0.0741. The molecule has 6 aromatic rings. The van der Waals surface area contributed by atoms with Gasteiger partial charge >= 0.3 is 0 Å². The number of nitrogens with zero attached hydrogens (tertiary/aromatic N) is 4. The van der Waals surface area contributed by atoms with Gasteiger partial charge in [-0.05, 0) is 47.7 Å². The molecule has 0 aliphatic heterocycles. The van der Waals surface area contributed by atoms with Gasteiger partial charge in [-0.25, -0.2) is 15.0 Å². The molecule has 1 N–H and O–H groups in total. The Labute approximate surface area is 210 Å². The van der Waals surface area contributed by atoms with Crippen molar-refractivity contribution in [1.82, 2.24) is 19.5 Å². The van der Waals surface area contributed by atoms with Crippen LogP contribution in [-0.2, 0) is 27.5 Å². The minimum atomic E-state index is 0. The van der Waals surface area contributed by atoms with E-state index in [-0.39, 0.29) is 32.7 Å². The zero-order chi connectivity index (χ0) is 22.4. The molecule has 3 heterocycles. The molecular formula is C27H19N4O2Pt-. The SMILES string of the molecule is CCc1ccc2c3ccc(Oc4cnc5cccc(O)c5n4)[c-]c3n(-c3ccccn3)c2c1.[Pt]. The predicted octanol–water partition coefficient (Wildman–Crippen LogP) is 5.98. The quantitative estimate of drug-likeness (QED) is 0.244. The van der Waals surface area contributed by atoms with Gasteiger partial charge in [0.1, 0.15) is 17.1 Å². The normalized spacial score (nSPS) is 11.1. The molecule has 7 heteroatoms. The Morgan fingerprint density at radius 1 is 0.971 bits per heavy atom. The first-order valence-corrected chi connectivity index (χ1v) is 10.7. The Kier molecular flexibility index (Phi) is 5.76. The molecule has 3 aromatic carbocycles. The van der Waals surface area contributed by atoms with Crippen molar-refractivity contribution < 1.29 is 30.9 Å². The summed E-state index contributed by atoms with van der Waals surface area (Å²) in [7, 11) is 0. The Morgan fingerprint density at radius 2 is 1.85 bits per heavy atom. The molecule has 6 nitrogen and oxygen atoms in total. The molecule has 0 spiro atoms. The van der Waals surface area contributed by atoms with Gasteiger partial charge in [-0.15, -0.1) is 17.5 Å². The number of benzene rings is 3. The first-order chi connectivity index (χ1) is 16.2. The van der Waals surface area contributed by atoms with Gasteiger partial charge < -0.3 is 14.4 Å². The van der Waals surface area contributed by atoms with Gasteiger partial charge in [0.2, 0.25) is 5.88 Å². The van der Waals surface area contributed by atoms with Gasteiger partial charge in [0.15, 0.2) is 0 Å². The predicted molar refractivity (Wildman–Crippen MR) is 128 cm³/mol. The molecular weight excluding hydrogens is 607 g/mol. The smallest absolute Gasteiger partial charge is 0.236 e. The zero-order valence-corrected chi connectivity index (χ0v) is 20.4. The van der Waals surface area contributed by atoms with E-state index in [0.29, 0.717) is 16.8 Å². The Balaban J connectivity index is 0.00000241. The van der Waals surface area contributed by atoms with Crippen LogP contribution in [0.3, 0.4) is 0 Å². The number of pyridine rings is 1. The number of ether oxygens (including phenoxy) is 1. The van der Waals surface area contributed by atoms with Crippen molar-refractivity contribution in [2.45, 2.75) is 13.3 Å². The number of aryl methyl sites for hydroxylation is 1. The van der Waals surface area contributed by atoms with E-state index in [4.69, 9.17) is 4.74 Å². The summed E-state index contributed by atoms with van der Waals surface area (Å²) in [6.07, 6.45) is 4.28. The summed E-state index contributed by atoms with van der Waals surface area (Å²) in [5.74, 6) is 1.66. The van der Waals surface area contributed by atoms with Crippen molar-refractivity contribution in [2.24, 2.45) is 0 Å². The average Bonchev–Trinajstić information content (AvgIpc) is 3.17. The van der Waals surface area contributed by atoms with Gasteiger partial charge in [0.05, 0.1) is 11.7 Å². The molecule has 0 amide bonds. The van der Waals surface area contributed by atoms with Crippen LogP contribution in [0.25, 0.3) is 38.7 Å². The summed E-state index contributed by atoms with van der Waals surface area (Å²) < 4.78 is 8.11. The number of phenolic OH excluding ortho intramolecular Hbond substituents is 1. The molecule has 0 aliphatic carbocycles. The monoisotopic (exact) mass is 626 g/mol. The van der Waals surface area contributed by atoms with E-state index in [9.17, 15) is 5.11 Å². The van der Waals surface area contributed by atoms with Crippen molar-refractivity contribution in [3.8, 4) is 23.2 Å². The first kappa shape index (κ1) is 22.1. The topological polar surface area (TPSA) is 73.1 Å². The molecule has 0 fully saturated rings. The second kappa shape index (κ2) is 8.88.